The molecule has 2 heterocycles. The number of pyridine rings is 1. The van der Waals surface area contributed by atoms with E-state index in [1.54, 1.807) is 15.5 Å². The van der Waals surface area contributed by atoms with Gasteiger partial charge in [-0.1, -0.05) is 31.0 Å². The van der Waals surface area contributed by atoms with E-state index in [0.717, 1.165) is 36.9 Å². The molecule has 3 aromatic rings. The van der Waals surface area contributed by atoms with Crippen LogP contribution in [0.25, 0.3) is 5.52 Å². The molecule has 1 aliphatic carbocycles. The average molecular weight is 390 g/mol. The third-order valence-electron chi connectivity index (χ3n) is 5.52. The summed E-state index contributed by atoms with van der Waals surface area (Å²) < 4.78 is 1.71. The fourth-order valence-corrected chi connectivity index (χ4v) is 4.04. The zero-order valence-electron chi connectivity index (χ0n) is 16.9. The van der Waals surface area contributed by atoms with Gasteiger partial charge in [0.05, 0.1) is 5.52 Å². The Morgan fingerprint density at radius 3 is 2.69 bits per heavy atom. The number of nitrogens with one attached hydrogen (secondary N) is 1. The van der Waals surface area contributed by atoms with Crippen molar-refractivity contribution in [2.45, 2.75) is 45.6 Å². The lowest BCUT2D eigenvalue weighted by atomic mass is 10.2. The van der Waals surface area contributed by atoms with Crippen molar-refractivity contribution in [2.24, 2.45) is 0 Å². The summed E-state index contributed by atoms with van der Waals surface area (Å²) in [4.78, 5) is 32.5. The van der Waals surface area contributed by atoms with Gasteiger partial charge < -0.3 is 10.2 Å². The maximum absolute atomic E-state index is 13.4. The minimum Gasteiger partial charge on any atom is -0.347 e. The predicted octanol–water partition coefficient (Wildman–Crippen LogP) is 3.98. The van der Waals surface area contributed by atoms with E-state index in [1.165, 1.54) is 0 Å². The molecule has 1 aromatic carbocycles. The van der Waals surface area contributed by atoms with Crippen LogP contribution in [0.1, 0.15) is 59.3 Å². The number of aryl methyl sites for hydroxylation is 1. The number of rotatable bonds is 5. The SMILES string of the molecule is CCN(C(=O)c1nc(C(=O)NC2CCCC2)n2ccccc12)c1cccc(C)c1. The van der Waals surface area contributed by atoms with Crippen molar-refractivity contribution in [3.8, 4) is 0 Å². The molecule has 2 aromatic heterocycles. The van der Waals surface area contributed by atoms with Crippen molar-refractivity contribution in [1.82, 2.24) is 14.7 Å². The number of fused-ring (bicyclic) bond motifs is 1. The Balaban J connectivity index is 1.71. The summed E-state index contributed by atoms with van der Waals surface area (Å²) in [7, 11) is 0. The van der Waals surface area contributed by atoms with Gasteiger partial charge in [-0.05, 0) is 56.5 Å². The normalized spacial score (nSPS) is 14.3. The maximum atomic E-state index is 13.4. The van der Waals surface area contributed by atoms with Crippen LogP contribution in [-0.4, -0.2) is 33.8 Å². The van der Waals surface area contributed by atoms with E-state index in [4.69, 9.17) is 0 Å². The van der Waals surface area contributed by atoms with Crippen molar-refractivity contribution in [3.05, 3.63) is 65.7 Å². The van der Waals surface area contributed by atoms with E-state index in [-0.39, 0.29) is 23.7 Å². The van der Waals surface area contributed by atoms with E-state index in [0.29, 0.717) is 17.8 Å². The number of hydrogen-bond donors (Lipinski definition) is 1. The molecule has 1 N–H and O–H groups in total. The second kappa shape index (κ2) is 8.07. The fraction of sp³-hybridized carbons (Fsp3) is 0.348. The third kappa shape index (κ3) is 3.75. The molecule has 2 amide bonds. The molecule has 29 heavy (non-hydrogen) atoms. The van der Waals surface area contributed by atoms with E-state index >= 15 is 0 Å². The number of imidazole rings is 1. The lowest BCUT2D eigenvalue weighted by Gasteiger charge is -2.20. The Morgan fingerprint density at radius 2 is 1.97 bits per heavy atom. The van der Waals surface area contributed by atoms with Crippen LogP contribution in [0, 0.1) is 6.92 Å². The molecular weight excluding hydrogens is 364 g/mol. The zero-order chi connectivity index (χ0) is 20.4. The van der Waals surface area contributed by atoms with Crippen molar-refractivity contribution in [1.29, 1.82) is 0 Å². The number of benzene rings is 1. The van der Waals surface area contributed by atoms with E-state index in [2.05, 4.69) is 10.3 Å². The van der Waals surface area contributed by atoms with Crippen molar-refractivity contribution in [2.75, 3.05) is 11.4 Å². The molecule has 1 fully saturated rings. The first-order chi connectivity index (χ1) is 14.1. The molecule has 0 spiro atoms. The largest absolute Gasteiger partial charge is 0.347 e. The van der Waals surface area contributed by atoms with Crippen LogP contribution in [0.15, 0.2) is 48.7 Å². The van der Waals surface area contributed by atoms with E-state index in [9.17, 15) is 9.59 Å². The van der Waals surface area contributed by atoms with Gasteiger partial charge in [0.15, 0.2) is 5.69 Å². The second-order valence-electron chi connectivity index (χ2n) is 7.58. The molecule has 0 unspecified atom stereocenters. The van der Waals surface area contributed by atoms with Gasteiger partial charge in [-0.3, -0.25) is 14.0 Å². The predicted molar refractivity (Wildman–Crippen MR) is 113 cm³/mol. The molecule has 0 bridgehead atoms. The van der Waals surface area contributed by atoms with Crippen LogP contribution in [-0.2, 0) is 0 Å². The maximum Gasteiger partial charge on any atom is 0.287 e. The van der Waals surface area contributed by atoms with Crippen molar-refractivity contribution in [3.63, 3.8) is 0 Å². The lowest BCUT2D eigenvalue weighted by Crippen LogP contribution is -2.34. The zero-order valence-corrected chi connectivity index (χ0v) is 16.9. The van der Waals surface area contributed by atoms with Gasteiger partial charge in [-0.25, -0.2) is 4.98 Å². The van der Waals surface area contributed by atoms with Crippen molar-refractivity contribution < 1.29 is 9.59 Å². The Hall–Kier alpha value is -3.15. The van der Waals surface area contributed by atoms with Crippen LogP contribution in [0.3, 0.4) is 0 Å². The summed E-state index contributed by atoms with van der Waals surface area (Å²) in [5, 5.41) is 3.07. The molecule has 0 aliphatic heterocycles. The third-order valence-corrected chi connectivity index (χ3v) is 5.52. The minimum atomic E-state index is -0.226. The quantitative estimate of drug-likeness (QED) is 0.716. The number of carbonyl (C=O) groups excluding carboxylic acids is 2. The second-order valence-corrected chi connectivity index (χ2v) is 7.58. The van der Waals surface area contributed by atoms with Gasteiger partial charge in [0.2, 0.25) is 5.82 Å². The van der Waals surface area contributed by atoms with Crippen LogP contribution in [0.5, 0.6) is 0 Å². The standard InChI is InChI=1S/C23H26N4O2/c1-3-26(18-12-8-9-16(2)15-18)23(29)20-19-13-6-7-14-27(19)21(25-20)22(28)24-17-10-4-5-11-17/h6-9,12-15,17H,3-5,10-11H2,1-2H3,(H,24,28). The molecule has 150 valence electrons. The minimum absolute atomic E-state index is 0.192. The summed E-state index contributed by atoms with van der Waals surface area (Å²) in [5.41, 5.74) is 2.84. The number of hydrogen-bond acceptors (Lipinski definition) is 3. The first-order valence-electron chi connectivity index (χ1n) is 10.2. The van der Waals surface area contributed by atoms with Gasteiger partial charge in [0.25, 0.3) is 11.8 Å². The molecule has 0 saturated heterocycles. The monoisotopic (exact) mass is 390 g/mol. The summed E-state index contributed by atoms with van der Waals surface area (Å²) >= 11 is 0. The highest BCUT2D eigenvalue weighted by Crippen LogP contribution is 2.22. The average Bonchev–Trinajstić information content (AvgIpc) is 3.36. The first-order valence-corrected chi connectivity index (χ1v) is 10.2. The Labute approximate surface area is 170 Å². The summed E-state index contributed by atoms with van der Waals surface area (Å²) in [6.07, 6.45) is 6.05. The molecule has 6 heteroatoms. The highest BCUT2D eigenvalue weighted by molar-refractivity contribution is 6.10. The smallest absolute Gasteiger partial charge is 0.287 e. The van der Waals surface area contributed by atoms with Crippen LogP contribution in [0.4, 0.5) is 5.69 Å². The summed E-state index contributed by atoms with van der Waals surface area (Å²) in [5.74, 6) is -0.173. The molecule has 1 aliphatic rings. The Kier molecular flexibility index (Phi) is 5.34. The van der Waals surface area contributed by atoms with Gasteiger partial charge in [0.1, 0.15) is 0 Å². The van der Waals surface area contributed by atoms with E-state index < -0.39 is 0 Å². The number of nitrogens with zero attached hydrogens (tertiary/aromatic N) is 3. The Morgan fingerprint density at radius 1 is 1.17 bits per heavy atom. The molecule has 1 saturated carbocycles. The van der Waals surface area contributed by atoms with E-state index in [1.807, 2.05) is 56.3 Å². The first kappa shape index (κ1) is 19.2. The molecule has 0 atom stereocenters. The molecule has 0 radical (unpaired) electrons. The number of aromatic nitrogens is 2. The Bertz CT molecular complexity index is 1050. The molecule has 4 rings (SSSR count). The van der Waals surface area contributed by atoms with Crippen LogP contribution >= 0.6 is 0 Å². The molecule has 6 nitrogen and oxygen atoms in total. The van der Waals surface area contributed by atoms with Gasteiger partial charge in [-0.2, -0.15) is 0 Å². The topological polar surface area (TPSA) is 66.7 Å². The number of anilines is 1. The van der Waals surface area contributed by atoms with Crippen LogP contribution < -0.4 is 10.2 Å². The highest BCUT2D eigenvalue weighted by atomic mass is 16.2. The number of amides is 2. The fourth-order valence-electron chi connectivity index (χ4n) is 4.04. The van der Waals surface area contributed by atoms with Gasteiger partial charge in [-0.15, -0.1) is 0 Å². The molecular formula is C23H26N4O2. The summed E-state index contributed by atoms with van der Waals surface area (Å²) in [6.45, 7) is 4.45. The lowest BCUT2D eigenvalue weighted by molar-refractivity contribution is 0.0926. The highest BCUT2D eigenvalue weighted by Gasteiger charge is 2.27. The number of carbonyl (C=O) groups is 2. The summed E-state index contributed by atoms with van der Waals surface area (Å²) in [6, 6.07) is 13.6. The van der Waals surface area contributed by atoms with Crippen molar-refractivity contribution >= 4 is 23.0 Å². The van der Waals surface area contributed by atoms with Crippen LogP contribution in [0.2, 0.25) is 0 Å². The van der Waals surface area contributed by atoms with Gasteiger partial charge >= 0.3 is 0 Å². The van der Waals surface area contributed by atoms with Gasteiger partial charge in [0, 0.05) is 24.5 Å².